The zero-order chi connectivity index (χ0) is 16.1. The van der Waals surface area contributed by atoms with E-state index in [2.05, 4.69) is 0 Å². The van der Waals surface area contributed by atoms with Crippen molar-refractivity contribution in [2.45, 2.75) is 64.6 Å². The smallest absolute Gasteiger partial charge is 0.138 e. The van der Waals surface area contributed by atoms with Crippen molar-refractivity contribution in [2.24, 2.45) is 11.8 Å². The van der Waals surface area contributed by atoms with Crippen LogP contribution in [0.3, 0.4) is 0 Å². The maximum Gasteiger partial charge on any atom is 0.138 e. The molecule has 0 heterocycles. The van der Waals surface area contributed by atoms with Gasteiger partial charge in [0.15, 0.2) is 0 Å². The average Bonchev–Trinajstić information content (AvgIpc) is 2.31. The molecule has 0 aromatic carbocycles. The molecule has 0 aliphatic rings. The molecule has 2 unspecified atom stereocenters. The molecule has 20 heavy (non-hydrogen) atoms. The van der Waals surface area contributed by atoms with Crippen LogP contribution in [0.2, 0.25) is 0 Å². The normalized spacial score (nSPS) is 17.8. The SMILES string of the molecule is CC(C)CCC(O)(C(=O)[O-])C(O)(CCC(C)C)C(=O)[O-]. The van der Waals surface area contributed by atoms with E-state index in [1.54, 1.807) is 27.7 Å². The van der Waals surface area contributed by atoms with Crippen LogP contribution in [0.5, 0.6) is 0 Å². The quantitative estimate of drug-likeness (QED) is 0.551. The molecule has 0 saturated carbocycles. The molecule has 0 aliphatic carbocycles. The van der Waals surface area contributed by atoms with Gasteiger partial charge in [-0.2, -0.15) is 0 Å². The molecule has 0 aromatic rings. The molecule has 0 amide bonds. The topological polar surface area (TPSA) is 121 Å². The van der Waals surface area contributed by atoms with Crippen LogP contribution in [-0.2, 0) is 9.59 Å². The second-order valence-corrected chi connectivity index (χ2v) is 6.16. The predicted molar refractivity (Wildman–Crippen MR) is 68.1 cm³/mol. The fourth-order valence-electron chi connectivity index (χ4n) is 1.95. The molecule has 0 radical (unpaired) electrons. The lowest BCUT2D eigenvalue weighted by Crippen LogP contribution is -2.70. The van der Waals surface area contributed by atoms with E-state index in [1.807, 2.05) is 0 Å². The number of carboxylic acid groups (broad SMARTS) is 2. The van der Waals surface area contributed by atoms with Gasteiger partial charge in [-0.25, -0.2) is 0 Å². The van der Waals surface area contributed by atoms with Crippen molar-refractivity contribution in [2.75, 3.05) is 0 Å². The Morgan fingerprint density at radius 1 is 0.850 bits per heavy atom. The van der Waals surface area contributed by atoms with E-state index in [0.717, 1.165) is 0 Å². The summed E-state index contributed by atoms with van der Waals surface area (Å²) in [7, 11) is 0. The Kier molecular flexibility index (Phi) is 6.64. The van der Waals surface area contributed by atoms with Gasteiger partial charge in [-0.15, -0.1) is 0 Å². The molecule has 0 fully saturated rings. The standard InChI is InChI=1S/C14H26O6/c1-9(2)5-7-13(19,11(15)16)14(20,12(17)18)8-6-10(3)4/h9-10,19-20H,5-8H2,1-4H3,(H,15,16)(H,17,18)/p-2. The molecule has 0 rings (SSSR count). The molecule has 0 bridgehead atoms. The van der Waals surface area contributed by atoms with Gasteiger partial charge < -0.3 is 30.0 Å². The van der Waals surface area contributed by atoms with Crippen LogP contribution in [0.4, 0.5) is 0 Å². The number of carboxylic acids is 2. The van der Waals surface area contributed by atoms with Crippen LogP contribution in [0.15, 0.2) is 0 Å². The summed E-state index contributed by atoms with van der Waals surface area (Å²) in [5.74, 6) is -3.91. The number of hydrogen-bond donors (Lipinski definition) is 2. The molecule has 0 aliphatic heterocycles. The van der Waals surface area contributed by atoms with Crippen molar-refractivity contribution >= 4 is 11.9 Å². The van der Waals surface area contributed by atoms with Gasteiger partial charge in [0.25, 0.3) is 0 Å². The molecule has 2 N–H and O–H groups in total. The van der Waals surface area contributed by atoms with Crippen molar-refractivity contribution in [3.05, 3.63) is 0 Å². The minimum atomic E-state index is -2.86. The van der Waals surface area contributed by atoms with Gasteiger partial charge in [0.05, 0.1) is 11.9 Å². The summed E-state index contributed by atoms with van der Waals surface area (Å²) < 4.78 is 0. The lowest BCUT2D eigenvalue weighted by molar-refractivity contribution is -0.360. The molecule has 2 atom stereocenters. The zero-order valence-electron chi connectivity index (χ0n) is 12.5. The van der Waals surface area contributed by atoms with Crippen LogP contribution < -0.4 is 10.2 Å². The number of rotatable bonds is 9. The van der Waals surface area contributed by atoms with Crippen molar-refractivity contribution in [3.8, 4) is 0 Å². The highest BCUT2D eigenvalue weighted by Crippen LogP contribution is 2.33. The maximum atomic E-state index is 11.2. The summed E-state index contributed by atoms with van der Waals surface area (Å²) in [4.78, 5) is 22.4. The highest BCUT2D eigenvalue weighted by Gasteiger charge is 2.51. The number of carbonyl (C=O) groups is 2. The number of aliphatic carboxylic acids is 2. The Hall–Kier alpha value is -1.14. The summed E-state index contributed by atoms with van der Waals surface area (Å²) in [6.45, 7) is 7.17. The Morgan fingerprint density at radius 3 is 1.25 bits per heavy atom. The van der Waals surface area contributed by atoms with Crippen molar-refractivity contribution in [1.29, 1.82) is 0 Å². The minimum Gasteiger partial charge on any atom is -0.547 e. The van der Waals surface area contributed by atoms with Gasteiger partial charge in [-0.1, -0.05) is 27.7 Å². The third-order valence-corrected chi connectivity index (χ3v) is 3.53. The zero-order valence-corrected chi connectivity index (χ0v) is 12.5. The summed E-state index contributed by atoms with van der Waals surface area (Å²) in [6.07, 6.45) is -0.339. The van der Waals surface area contributed by atoms with Gasteiger partial charge in [0, 0.05) is 0 Å². The van der Waals surface area contributed by atoms with Gasteiger partial charge in [-0.3, -0.25) is 0 Å². The fourth-order valence-corrected chi connectivity index (χ4v) is 1.95. The second-order valence-electron chi connectivity index (χ2n) is 6.16. The van der Waals surface area contributed by atoms with E-state index in [9.17, 15) is 30.0 Å². The van der Waals surface area contributed by atoms with E-state index in [-0.39, 0.29) is 24.7 Å². The summed E-state index contributed by atoms with van der Waals surface area (Å²) >= 11 is 0. The first-order chi connectivity index (χ1) is 8.97. The van der Waals surface area contributed by atoms with Crippen LogP contribution >= 0.6 is 0 Å². The molecule has 0 spiro atoms. The van der Waals surface area contributed by atoms with Gasteiger partial charge >= 0.3 is 0 Å². The van der Waals surface area contributed by atoms with Crippen molar-refractivity contribution in [1.82, 2.24) is 0 Å². The van der Waals surface area contributed by atoms with Crippen molar-refractivity contribution < 1.29 is 30.0 Å². The summed E-state index contributed by atoms with van der Waals surface area (Å²) in [5.41, 5.74) is -5.71. The Morgan fingerprint density at radius 2 is 1.10 bits per heavy atom. The number of aliphatic hydroxyl groups is 2. The Balaban J connectivity index is 5.43. The van der Waals surface area contributed by atoms with Gasteiger partial charge in [0.1, 0.15) is 11.2 Å². The van der Waals surface area contributed by atoms with E-state index in [4.69, 9.17) is 0 Å². The molecular formula is C14H24O6-2. The highest BCUT2D eigenvalue weighted by atomic mass is 16.5. The number of hydrogen-bond acceptors (Lipinski definition) is 6. The van der Waals surface area contributed by atoms with Gasteiger partial charge in [-0.05, 0) is 37.5 Å². The van der Waals surface area contributed by atoms with Crippen molar-refractivity contribution in [3.63, 3.8) is 0 Å². The highest BCUT2D eigenvalue weighted by molar-refractivity contribution is 5.88. The van der Waals surface area contributed by atoms with E-state index >= 15 is 0 Å². The first kappa shape index (κ1) is 18.9. The van der Waals surface area contributed by atoms with Gasteiger partial charge in [0.2, 0.25) is 0 Å². The molecule has 0 aromatic heterocycles. The van der Waals surface area contributed by atoms with Crippen LogP contribution in [0, 0.1) is 11.8 Å². The predicted octanol–water partition coefficient (Wildman–Crippen LogP) is -1.18. The van der Waals surface area contributed by atoms with Crippen LogP contribution in [0.25, 0.3) is 0 Å². The fraction of sp³-hybridized carbons (Fsp3) is 0.857. The first-order valence-electron chi connectivity index (χ1n) is 6.85. The molecule has 118 valence electrons. The third-order valence-electron chi connectivity index (χ3n) is 3.53. The molecular weight excluding hydrogens is 264 g/mol. The Labute approximate surface area is 119 Å². The number of carbonyl (C=O) groups excluding carboxylic acids is 2. The Bertz CT molecular complexity index is 318. The molecule has 6 heteroatoms. The van der Waals surface area contributed by atoms with E-state index in [1.165, 1.54) is 0 Å². The second kappa shape index (κ2) is 7.04. The largest absolute Gasteiger partial charge is 0.547 e. The third kappa shape index (κ3) is 4.18. The molecule has 0 saturated heterocycles. The average molecular weight is 288 g/mol. The lowest BCUT2D eigenvalue weighted by atomic mass is 9.74. The molecule has 6 nitrogen and oxygen atoms in total. The monoisotopic (exact) mass is 288 g/mol. The first-order valence-corrected chi connectivity index (χ1v) is 6.85. The lowest BCUT2D eigenvalue weighted by Gasteiger charge is -2.45. The maximum absolute atomic E-state index is 11.2. The van der Waals surface area contributed by atoms with Crippen LogP contribution in [-0.4, -0.2) is 33.4 Å². The summed E-state index contributed by atoms with van der Waals surface area (Å²) in [6, 6.07) is 0. The van der Waals surface area contributed by atoms with E-state index in [0.29, 0.717) is 0 Å². The van der Waals surface area contributed by atoms with E-state index < -0.39 is 36.0 Å². The summed E-state index contributed by atoms with van der Waals surface area (Å²) in [5, 5.41) is 42.8. The van der Waals surface area contributed by atoms with Crippen LogP contribution in [0.1, 0.15) is 53.4 Å². The minimum absolute atomic E-state index is 0.0389.